The smallest absolute Gasteiger partial charge is 0.267 e. The molecule has 37 heavy (non-hydrogen) atoms. The molecule has 0 spiro atoms. The molecule has 0 radical (unpaired) electrons. The van der Waals surface area contributed by atoms with Crippen LogP contribution in [0.15, 0.2) is 76.7 Å². The van der Waals surface area contributed by atoms with Crippen molar-refractivity contribution in [2.75, 3.05) is 18.2 Å². The van der Waals surface area contributed by atoms with Crippen LogP contribution in [0.25, 0.3) is 26.7 Å². The number of aromatic nitrogens is 2. The zero-order chi connectivity index (χ0) is 25.4. The van der Waals surface area contributed by atoms with Gasteiger partial charge in [-0.15, -0.1) is 11.3 Å². The summed E-state index contributed by atoms with van der Waals surface area (Å²) in [7, 11) is 1.61. The van der Waals surface area contributed by atoms with E-state index in [0.717, 1.165) is 57.9 Å². The highest BCUT2D eigenvalue weighted by Gasteiger charge is 2.23. The first-order valence-corrected chi connectivity index (χ1v) is 14.0. The van der Waals surface area contributed by atoms with Gasteiger partial charge in [0.15, 0.2) is 5.16 Å². The molecule has 0 unspecified atom stereocenters. The first-order valence-electron chi connectivity index (χ1n) is 12.2. The molecule has 1 N–H and O–H groups in total. The highest BCUT2D eigenvalue weighted by Crippen LogP contribution is 2.35. The number of nitrogens with zero attached hydrogens (tertiary/aromatic N) is 2. The summed E-state index contributed by atoms with van der Waals surface area (Å²) in [6, 6.07) is 21.2. The van der Waals surface area contributed by atoms with Crippen LogP contribution >= 0.6 is 23.1 Å². The van der Waals surface area contributed by atoms with Gasteiger partial charge in [0.05, 0.1) is 23.9 Å². The Balaban J connectivity index is 1.36. The first kappa shape index (κ1) is 23.8. The minimum atomic E-state index is -0.151. The lowest BCUT2D eigenvalue weighted by Crippen LogP contribution is -2.23. The van der Waals surface area contributed by atoms with Gasteiger partial charge >= 0.3 is 0 Å². The maximum atomic E-state index is 13.9. The summed E-state index contributed by atoms with van der Waals surface area (Å²) in [4.78, 5) is 33.9. The molecule has 0 fully saturated rings. The number of thioether (sulfide) groups is 1. The van der Waals surface area contributed by atoms with Crippen molar-refractivity contribution < 1.29 is 9.53 Å². The number of carbonyl (C=O) groups is 1. The Labute approximate surface area is 222 Å². The minimum absolute atomic E-state index is 0.0773. The third kappa shape index (κ3) is 4.51. The largest absolute Gasteiger partial charge is 0.497 e. The minimum Gasteiger partial charge on any atom is -0.497 e. The summed E-state index contributed by atoms with van der Waals surface area (Å²) >= 11 is 2.89. The van der Waals surface area contributed by atoms with Crippen LogP contribution in [0.3, 0.4) is 0 Å². The molecule has 186 valence electrons. The van der Waals surface area contributed by atoms with Crippen LogP contribution in [0.1, 0.15) is 23.3 Å². The van der Waals surface area contributed by atoms with Gasteiger partial charge in [-0.05, 0) is 67.0 Å². The molecule has 0 bridgehead atoms. The van der Waals surface area contributed by atoms with Crippen LogP contribution in [0.5, 0.6) is 5.75 Å². The second-order valence-corrected chi connectivity index (χ2v) is 11.0. The number of hydrogen-bond donors (Lipinski definition) is 1. The number of carbonyl (C=O) groups excluding carboxylic acids is 1. The summed E-state index contributed by atoms with van der Waals surface area (Å²) in [5.41, 5.74) is 2.54. The van der Waals surface area contributed by atoms with Crippen LogP contribution in [-0.2, 0) is 17.6 Å². The van der Waals surface area contributed by atoms with E-state index < -0.39 is 0 Å². The van der Waals surface area contributed by atoms with Crippen molar-refractivity contribution in [1.82, 2.24) is 9.55 Å². The molecule has 0 saturated heterocycles. The lowest BCUT2D eigenvalue weighted by molar-refractivity contribution is -0.113. The molecule has 0 aliphatic heterocycles. The monoisotopic (exact) mass is 527 g/mol. The Hall–Kier alpha value is -3.62. The van der Waals surface area contributed by atoms with Crippen LogP contribution in [0.4, 0.5) is 5.69 Å². The summed E-state index contributed by atoms with van der Waals surface area (Å²) in [6.07, 6.45) is 4.14. The van der Waals surface area contributed by atoms with E-state index in [1.807, 2.05) is 66.7 Å². The van der Waals surface area contributed by atoms with Gasteiger partial charge in [-0.3, -0.25) is 14.2 Å². The molecule has 6 nitrogen and oxygen atoms in total. The number of aryl methyl sites for hydroxylation is 2. The van der Waals surface area contributed by atoms with Gasteiger partial charge in [0, 0.05) is 16.0 Å². The van der Waals surface area contributed by atoms with E-state index in [9.17, 15) is 9.59 Å². The highest BCUT2D eigenvalue weighted by molar-refractivity contribution is 7.99. The number of ether oxygens (including phenoxy) is 1. The number of benzene rings is 3. The molecule has 8 heteroatoms. The van der Waals surface area contributed by atoms with Gasteiger partial charge < -0.3 is 10.1 Å². The zero-order valence-electron chi connectivity index (χ0n) is 20.3. The number of rotatable bonds is 6. The van der Waals surface area contributed by atoms with Crippen LogP contribution in [0.2, 0.25) is 0 Å². The number of methoxy groups -OCH3 is 1. The molecule has 0 atom stereocenters. The third-order valence-corrected chi connectivity index (χ3v) is 8.81. The van der Waals surface area contributed by atoms with E-state index in [0.29, 0.717) is 16.6 Å². The number of thiophene rings is 1. The Morgan fingerprint density at radius 1 is 1.05 bits per heavy atom. The van der Waals surface area contributed by atoms with E-state index in [1.165, 1.54) is 16.6 Å². The van der Waals surface area contributed by atoms with Gasteiger partial charge in [-0.2, -0.15) is 0 Å². The average molecular weight is 528 g/mol. The zero-order valence-corrected chi connectivity index (χ0v) is 22.0. The van der Waals surface area contributed by atoms with E-state index >= 15 is 0 Å². The van der Waals surface area contributed by atoms with Crippen molar-refractivity contribution in [2.45, 2.75) is 30.8 Å². The summed E-state index contributed by atoms with van der Waals surface area (Å²) in [6.45, 7) is 0. The SMILES string of the molecule is COc1ccc(-n2c(SCC(=O)Nc3cccc4ccccc34)nc3sc4c(c3c2=O)CCCC4)cc1. The molecule has 5 aromatic rings. The van der Waals surface area contributed by atoms with Gasteiger partial charge in [-0.25, -0.2) is 4.98 Å². The number of nitrogens with one attached hydrogen (secondary N) is 1. The van der Waals surface area contributed by atoms with Gasteiger partial charge in [0.2, 0.25) is 5.91 Å². The van der Waals surface area contributed by atoms with Crippen molar-refractivity contribution in [3.05, 3.63) is 87.5 Å². The van der Waals surface area contributed by atoms with E-state index in [-0.39, 0.29) is 17.2 Å². The molecule has 1 aliphatic rings. The van der Waals surface area contributed by atoms with Crippen LogP contribution < -0.4 is 15.6 Å². The molecule has 3 aromatic carbocycles. The molecule has 0 saturated carbocycles. The Kier molecular flexibility index (Phi) is 6.44. The third-order valence-electron chi connectivity index (χ3n) is 6.68. The Bertz CT molecular complexity index is 1680. The van der Waals surface area contributed by atoms with E-state index in [4.69, 9.17) is 9.72 Å². The van der Waals surface area contributed by atoms with Gasteiger partial charge in [0.25, 0.3) is 5.56 Å². The lowest BCUT2D eigenvalue weighted by atomic mass is 9.97. The fourth-order valence-corrected chi connectivity index (χ4v) is 7.01. The second-order valence-electron chi connectivity index (χ2n) is 8.99. The maximum Gasteiger partial charge on any atom is 0.267 e. The molecular formula is C29H25N3O3S2. The summed E-state index contributed by atoms with van der Waals surface area (Å²) in [5.74, 6) is 0.687. The fourth-order valence-electron chi connectivity index (χ4n) is 4.89. The second kappa shape index (κ2) is 10.0. The van der Waals surface area contributed by atoms with Crippen molar-refractivity contribution >= 4 is 55.7 Å². The average Bonchev–Trinajstić information content (AvgIpc) is 3.31. The van der Waals surface area contributed by atoms with Crippen molar-refractivity contribution in [2.24, 2.45) is 0 Å². The summed E-state index contributed by atoms with van der Waals surface area (Å²) in [5, 5.41) is 6.32. The summed E-state index contributed by atoms with van der Waals surface area (Å²) < 4.78 is 6.94. The Morgan fingerprint density at radius 3 is 2.68 bits per heavy atom. The predicted octanol–water partition coefficient (Wildman–Crippen LogP) is 6.22. The van der Waals surface area contributed by atoms with Crippen molar-refractivity contribution in [1.29, 1.82) is 0 Å². The van der Waals surface area contributed by atoms with E-state index in [2.05, 4.69) is 5.32 Å². The molecule has 1 amide bonds. The molecule has 1 aliphatic carbocycles. The standard InChI is InChI=1S/C29H25N3O3S2/c1-35-20-15-13-19(14-16-20)32-28(34)26-22-10-4-5-12-24(22)37-27(26)31-29(32)36-17-25(33)30-23-11-6-8-18-7-2-3-9-21(18)23/h2-3,6-9,11,13-16H,4-5,10,12,17H2,1H3,(H,30,33). The highest BCUT2D eigenvalue weighted by atomic mass is 32.2. The van der Waals surface area contributed by atoms with Gasteiger partial charge in [-0.1, -0.05) is 48.2 Å². The van der Waals surface area contributed by atoms with Crippen molar-refractivity contribution in [3.8, 4) is 11.4 Å². The normalized spacial score (nSPS) is 13.0. The maximum absolute atomic E-state index is 13.9. The molecule has 6 rings (SSSR count). The van der Waals surface area contributed by atoms with Crippen LogP contribution in [0, 0.1) is 0 Å². The fraction of sp³-hybridized carbons (Fsp3) is 0.207. The van der Waals surface area contributed by atoms with Crippen molar-refractivity contribution in [3.63, 3.8) is 0 Å². The number of amides is 1. The molecule has 2 heterocycles. The topological polar surface area (TPSA) is 73.2 Å². The van der Waals surface area contributed by atoms with Gasteiger partial charge in [0.1, 0.15) is 10.6 Å². The van der Waals surface area contributed by atoms with E-state index in [1.54, 1.807) is 23.0 Å². The Morgan fingerprint density at radius 2 is 1.84 bits per heavy atom. The molecular weight excluding hydrogens is 502 g/mol. The first-order chi connectivity index (χ1) is 18.1. The van der Waals surface area contributed by atoms with Crippen LogP contribution in [-0.4, -0.2) is 28.3 Å². The molecule has 2 aromatic heterocycles. The number of anilines is 1. The quantitative estimate of drug-likeness (QED) is 0.210. The number of hydrogen-bond acceptors (Lipinski definition) is 6. The lowest BCUT2D eigenvalue weighted by Gasteiger charge is -2.14. The predicted molar refractivity (Wildman–Crippen MR) is 152 cm³/mol. The number of fused-ring (bicyclic) bond motifs is 4.